The first kappa shape index (κ1) is 9.03. The zero-order valence-electron chi connectivity index (χ0n) is 7.12. The Morgan fingerprint density at radius 2 is 2.42 bits per heavy atom. The molecule has 4 heteroatoms. The number of hydrogen-bond donors (Lipinski definition) is 1. The summed E-state index contributed by atoms with van der Waals surface area (Å²) in [5.74, 6) is -0.965. The third-order valence-corrected chi connectivity index (χ3v) is 2.17. The Balaban J connectivity index is 2.57. The van der Waals surface area contributed by atoms with Gasteiger partial charge in [0.2, 0.25) is 5.91 Å². The third-order valence-electron chi connectivity index (χ3n) is 2.17. The molecule has 1 N–H and O–H groups in total. The van der Waals surface area contributed by atoms with Gasteiger partial charge in [0.15, 0.2) is 0 Å². The van der Waals surface area contributed by atoms with Crippen molar-refractivity contribution in [3.63, 3.8) is 0 Å². The van der Waals surface area contributed by atoms with Crippen LogP contribution < -0.4 is 0 Å². The van der Waals surface area contributed by atoms with Crippen LogP contribution in [0.15, 0.2) is 0 Å². The van der Waals surface area contributed by atoms with Crippen LogP contribution in [0, 0.1) is 0 Å². The second kappa shape index (κ2) is 3.56. The number of carbonyl (C=O) groups is 2. The monoisotopic (exact) mass is 171 g/mol. The van der Waals surface area contributed by atoms with Crippen LogP contribution in [-0.2, 0) is 9.59 Å². The molecule has 1 aliphatic rings. The number of piperidine rings is 1. The summed E-state index contributed by atoms with van der Waals surface area (Å²) < 4.78 is 0. The molecule has 1 aliphatic heterocycles. The smallest absolute Gasteiger partial charge is 0.323 e. The first-order chi connectivity index (χ1) is 5.61. The van der Waals surface area contributed by atoms with Crippen molar-refractivity contribution < 1.29 is 14.7 Å². The highest BCUT2D eigenvalue weighted by atomic mass is 16.4. The van der Waals surface area contributed by atoms with Gasteiger partial charge >= 0.3 is 5.97 Å². The molecule has 1 saturated heterocycles. The largest absolute Gasteiger partial charge is 0.480 e. The van der Waals surface area contributed by atoms with Crippen molar-refractivity contribution >= 4 is 11.9 Å². The molecule has 1 rings (SSSR count). The van der Waals surface area contributed by atoms with Gasteiger partial charge in [0.25, 0.3) is 0 Å². The Labute approximate surface area is 71.2 Å². The Bertz CT molecular complexity index is 202. The lowest BCUT2D eigenvalue weighted by molar-refractivity contribution is -0.147. The van der Waals surface area contributed by atoms with Crippen LogP contribution in [0.2, 0.25) is 0 Å². The molecule has 0 aliphatic carbocycles. The van der Waals surface area contributed by atoms with E-state index in [0.29, 0.717) is 6.42 Å². The zero-order valence-corrected chi connectivity index (χ0v) is 7.12. The van der Waals surface area contributed by atoms with Gasteiger partial charge < -0.3 is 10.0 Å². The molecule has 0 bridgehead atoms. The standard InChI is InChI=1S/C8H13NO3/c1-6-3-2-4-7(10)9(6)5-8(11)12/h6H,2-5H2,1H3,(H,11,12). The molecule has 4 nitrogen and oxygen atoms in total. The fraction of sp³-hybridized carbons (Fsp3) is 0.750. The summed E-state index contributed by atoms with van der Waals surface area (Å²) in [5, 5.41) is 8.51. The van der Waals surface area contributed by atoms with E-state index >= 15 is 0 Å². The molecule has 0 spiro atoms. The summed E-state index contributed by atoms with van der Waals surface area (Å²) in [5.41, 5.74) is 0. The van der Waals surface area contributed by atoms with Crippen molar-refractivity contribution in [3.05, 3.63) is 0 Å². The minimum atomic E-state index is -0.933. The minimum Gasteiger partial charge on any atom is -0.480 e. The third kappa shape index (κ3) is 1.96. The van der Waals surface area contributed by atoms with Gasteiger partial charge in [-0.1, -0.05) is 0 Å². The molecule has 1 heterocycles. The molecule has 1 amide bonds. The quantitative estimate of drug-likeness (QED) is 0.657. The highest BCUT2D eigenvalue weighted by molar-refractivity contribution is 5.82. The fourth-order valence-corrected chi connectivity index (χ4v) is 1.48. The van der Waals surface area contributed by atoms with Gasteiger partial charge in [-0.3, -0.25) is 9.59 Å². The zero-order chi connectivity index (χ0) is 9.14. The summed E-state index contributed by atoms with van der Waals surface area (Å²) in [7, 11) is 0. The molecule has 1 unspecified atom stereocenters. The normalized spacial score (nSPS) is 24.2. The minimum absolute atomic E-state index is 0.0313. The highest BCUT2D eigenvalue weighted by Gasteiger charge is 2.25. The van der Waals surface area contributed by atoms with Crippen LogP contribution in [0.25, 0.3) is 0 Å². The molecule has 0 saturated carbocycles. The first-order valence-corrected chi connectivity index (χ1v) is 4.12. The molecule has 0 radical (unpaired) electrons. The number of nitrogens with zero attached hydrogens (tertiary/aromatic N) is 1. The van der Waals surface area contributed by atoms with Crippen molar-refractivity contribution in [1.82, 2.24) is 4.90 Å². The molecule has 1 atom stereocenters. The average molecular weight is 171 g/mol. The summed E-state index contributed by atoms with van der Waals surface area (Å²) in [6, 6.07) is 0.0855. The van der Waals surface area contributed by atoms with Gasteiger partial charge in [0.05, 0.1) is 0 Å². The number of carboxylic acid groups (broad SMARTS) is 1. The number of likely N-dealkylation sites (tertiary alicyclic amines) is 1. The number of rotatable bonds is 2. The highest BCUT2D eigenvalue weighted by Crippen LogP contribution is 2.16. The lowest BCUT2D eigenvalue weighted by Crippen LogP contribution is -2.44. The lowest BCUT2D eigenvalue weighted by Gasteiger charge is -2.31. The van der Waals surface area contributed by atoms with E-state index in [1.54, 1.807) is 0 Å². The topological polar surface area (TPSA) is 57.6 Å². The Hall–Kier alpha value is -1.06. The molecular formula is C8H13NO3. The van der Waals surface area contributed by atoms with E-state index in [4.69, 9.17) is 5.11 Å². The maximum Gasteiger partial charge on any atom is 0.323 e. The van der Waals surface area contributed by atoms with Crippen LogP contribution >= 0.6 is 0 Å². The lowest BCUT2D eigenvalue weighted by atomic mass is 10.0. The number of carboxylic acids is 1. The van der Waals surface area contributed by atoms with E-state index in [1.807, 2.05) is 6.92 Å². The maximum absolute atomic E-state index is 11.2. The molecule has 1 fully saturated rings. The second-order valence-corrected chi connectivity index (χ2v) is 3.16. The van der Waals surface area contributed by atoms with Gasteiger partial charge in [0, 0.05) is 12.5 Å². The number of amides is 1. The van der Waals surface area contributed by atoms with Crippen molar-refractivity contribution in [1.29, 1.82) is 0 Å². The molecule has 12 heavy (non-hydrogen) atoms. The summed E-state index contributed by atoms with van der Waals surface area (Å²) in [4.78, 5) is 23.0. The second-order valence-electron chi connectivity index (χ2n) is 3.16. The van der Waals surface area contributed by atoms with Crippen LogP contribution in [0.3, 0.4) is 0 Å². The van der Waals surface area contributed by atoms with E-state index < -0.39 is 5.97 Å². The first-order valence-electron chi connectivity index (χ1n) is 4.12. The van der Waals surface area contributed by atoms with Crippen molar-refractivity contribution in [2.45, 2.75) is 32.2 Å². The maximum atomic E-state index is 11.2. The Morgan fingerprint density at radius 1 is 1.75 bits per heavy atom. The van der Waals surface area contributed by atoms with Crippen LogP contribution in [0.5, 0.6) is 0 Å². The average Bonchev–Trinajstić information content (AvgIpc) is 1.97. The molecule has 0 aromatic heterocycles. The van der Waals surface area contributed by atoms with E-state index in [0.717, 1.165) is 12.8 Å². The number of carbonyl (C=O) groups excluding carboxylic acids is 1. The van der Waals surface area contributed by atoms with Crippen molar-refractivity contribution in [2.24, 2.45) is 0 Å². The number of hydrogen-bond acceptors (Lipinski definition) is 2. The summed E-state index contributed by atoms with van der Waals surface area (Å²) in [6.45, 7) is 1.74. The molecule has 0 aromatic rings. The Kier molecular flexibility index (Phi) is 2.68. The van der Waals surface area contributed by atoms with Crippen LogP contribution in [0.4, 0.5) is 0 Å². The predicted octanol–water partition coefficient (Wildman–Crippen LogP) is 0.472. The molecule has 68 valence electrons. The predicted molar refractivity (Wildman–Crippen MR) is 42.7 cm³/mol. The van der Waals surface area contributed by atoms with Gasteiger partial charge in [0.1, 0.15) is 6.54 Å². The number of aliphatic carboxylic acids is 1. The summed E-state index contributed by atoms with van der Waals surface area (Å²) in [6.07, 6.45) is 2.30. The van der Waals surface area contributed by atoms with Crippen LogP contribution in [0.1, 0.15) is 26.2 Å². The van der Waals surface area contributed by atoms with Gasteiger partial charge in [-0.15, -0.1) is 0 Å². The van der Waals surface area contributed by atoms with E-state index in [1.165, 1.54) is 4.90 Å². The van der Waals surface area contributed by atoms with E-state index in [9.17, 15) is 9.59 Å². The SMILES string of the molecule is CC1CCCC(=O)N1CC(=O)O. The van der Waals surface area contributed by atoms with Crippen LogP contribution in [-0.4, -0.2) is 34.5 Å². The Morgan fingerprint density at radius 3 is 2.92 bits per heavy atom. The van der Waals surface area contributed by atoms with Crippen molar-refractivity contribution in [2.75, 3.05) is 6.54 Å². The molecule has 0 aromatic carbocycles. The fourth-order valence-electron chi connectivity index (χ4n) is 1.48. The molecular weight excluding hydrogens is 158 g/mol. The summed E-state index contributed by atoms with van der Waals surface area (Å²) >= 11 is 0. The van der Waals surface area contributed by atoms with Crippen molar-refractivity contribution in [3.8, 4) is 0 Å². The van der Waals surface area contributed by atoms with Gasteiger partial charge in [-0.05, 0) is 19.8 Å². The van der Waals surface area contributed by atoms with E-state index in [2.05, 4.69) is 0 Å². The van der Waals surface area contributed by atoms with Gasteiger partial charge in [-0.2, -0.15) is 0 Å². The van der Waals surface area contributed by atoms with E-state index in [-0.39, 0.29) is 18.5 Å². The van der Waals surface area contributed by atoms with Gasteiger partial charge in [-0.25, -0.2) is 0 Å².